The normalized spacial score (nSPS) is 16.9. The molecule has 8 heteroatoms. The van der Waals surface area contributed by atoms with Gasteiger partial charge in [-0.15, -0.1) is 10.2 Å². The fraction of sp³-hybridized carbons (Fsp3) is 0.438. The summed E-state index contributed by atoms with van der Waals surface area (Å²) in [6.07, 6.45) is 0. The van der Waals surface area contributed by atoms with Gasteiger partial charge in [-0.1, -0.05) is 11.3 Å². The Morgan fingerprint density at radius 2 is 1.88 bits per heavy atom. The predicted molar refractivity (Wildman–Crippen MR) is 92.9 cm³/mol. The summed E-state index contributed by atoms with van der Waals surface area (Å²) in [6, 6.07) is 6.30. The number of piperazine rings is 1. The Labute approximate surface area is 144 Å². The van der Waals surface area contributed by atoms with Crippen molar-refractivity contribution in [1.29, 1.82) is 0 Å². The SMILES string of the molecule is Cc1nnc(NC(=O)[C@@H](C)N2CCN(c3ccc(F)cc3)CC2)s1. The van der Waals surface area contributed by atoms with Gasteiger partial charge in [0, 0.05) is 31.9 Å². The molecule has 0 unspecified atom stereocenters. The second kappa shape index (κ2) is 7.23. The maximum Gasteiger partial charge on any atom is 0.243 e. The zero-order valence-electron chi connectivity index (χ0n) is 13.7. The molecule has 0 radical (unpaired) electrons. The van der Waals surface area contributed by atoms with E-state index < -0.39 is 0 Å². The highest BCUT2D eigenvalue weighted by Crippen LogP contribution is 2.19. The quantitative estimate of drug-likeness (QED) is 0.916. The summed E-state index contributed by atoms with van der Waals surface area (Å²) in [6.45, 7) is 6.92. The number of rotatable bonds is 4. The summed E-state index contributed by atoms with van der Waals surface area (Å²) in [7, 11) is 0. The van der Waals surface area contributed by atoms with Crippen molar-refractivity contribution in [3.05, 3.63) is 35.1 Å². The van der Waals surface area contributed by atoms with Crippen LogP contribution >= 0.6 is 11.3 Å². The van der Waals surface area contributed by atoms with Crippen molar-refractivity contribution >= 4 is 28.1 Å². The van der Waals surface area contributed by atoms with E-state index in [1.165, 1.54) is 23.5 Å². The number of nitrogens with one attached hydrogen (secondary N) is 1. The number of carbonyl (C=O) groups is 1. The molecule has 2 heterocycles. The molecule has 1 aromatic carbocycles. The number of aromatic nitrogens is 2. The molecule has 6 nitrogen and oxygen atoms in total. The number of nitrogens with zero attached hydrogens (tertiary/aromatic N) is 4. The van der Waals surface area contributed by atoms with Gasteiger partial charge < -0.3 is 4.90 Å². The van der Waals surface area contributed by atoms with E-state index >= 15 is 0 Å². The van der Waals surface area contributed by atoms with Crippen LogP contribution in [-0.2, 0) is 4.79 Å². The highest BCUT2D eigenvalue weighted by molar-refractivity contribution is 7.15. The Kier molecular flexibility index (Phi) is 5.06. The average Bonchev–Trinajstić information content (AvgIpc) is 3.00. The number of benzene rings is 1. The van der Waals surface area contributed by atoms with Crippen LogP contribution in [0.25, 0.3) is 0 Å². The topological polar surface area (TPSA) is 61.4 Å². The molecular weight excluding hydrogens is 329 g/mol. The van der Waals surface area contributed by atoms with Crippen molar-refractivity contribution in [3.8, 4) is 0 Å². The van der Waals surface area contributed by atoms with Gasteiger partial charge in [-0.2, -0.15) is 0 Å². The van der Waals surface area contributed by atoms with Crippen LogP contribution in [0.4, 0.5) is 15.2 Å². The van der Waals surface area contributed by atoms with Gasteiger partial charge in [0.15, 0.2) is 0 Å². The van der Waals surface area contributed by atoms with Crippen LogP contribution in [0.15, 0.2) is 24.3 Å². The first kappa shape index (κ1) is 16.8. The molecule has 1 aliphatic heterocycles. The fourth-order valence-corrected chi connectivity index (χ4v) is 3.34. The second-order valence-corrected chi connectivity index (χ2v) is 6.97. The van der Waals surface area contributed by atoms with E-state index in [0.717, 1.165) is 36.9 Å². The number of carbonyl (C=O) groups excluding carboxylic acids is 1. The maximum atomic E-state index is 13.0. The molecule has 1 atom stereocenters. The average molecular weight is 349 g/mol. The number of amides is 1. The molecular formula is C16H20FN5OS. The zero-order chi connectivity index (χ0) is 17.1. The molecule has 0 saturated carbocycles. The van der Waals surface area contributed by atoms with Crippen LogP contribution < -0.4 is 10.2 Å². The van der Waals surface area contributed by atoms with Gasteiger partial charge in [0.2, 0.25) is 11.0 Å². The third kappa shape index (κ3) is 3.88. The zero-order valence-corrected chi connectivity index (χ0v) is 14.5. The van der Waals surface area contributed by atoms with Crippen LogP contribution in [-0.4, -0.2) is 53.2 Å². The standard InChI is InChI=1S/C16H20FN5OS/c1-11(15(23)18-16-20-19-12(2)24-16)21-7-9-22(10-8-21)14-5-3-13(17)4-6-14/h3-6,11H,7-10H2,1-2H3,(H,18,20,23)/t11-/m1/s1. The van der Waals surface area contributed by atoms with Crippen molar-refractivity contribution < 1.29 is 9.18 Å². The first-order valence-electron chi connectivity index (χ1n) is 7.88. The number of hydrogen-bond donors (Lipinski definition) is 1. The van der Waals surface area contributed by atoms with Gasteiger partial charge in [0.05, 0.1) is 6.04 Å². The third-order valence-corrected chi connectivity index (χ3v) is 4.94. The molecule has 1 saturated heterocycles. The van der Waals surface area contributed by atoms with Crippen molar-refractivity contribution in [2.75, 3.05) is 36.4 Å². The largest absolute Gasteiger partial charge is 0.369 e. The van der Waals surface area contributed by atoms with Crippen molar-refractivity contribution in [2.45, 2.75) is 19.9 Å². The molecule has 1 fully saturated rings. The molecule has 1 aliphatic rings. The second-order valence-electron chi connectivity index (χ2n) is 5.79. The Bertz CT molecular complexity index is 697. The van der Waals surface area contributed by atoms with Gasteiger partial charge in [0.25, 0.3) is 0 Å². The Morgan fingerprint density at radius 1 is 1.21 bits per heavy atom. The van der Waals surface area contributed by atoms with Crippen LogP contribution in [0.5, 0.6) is 0 Å². The number of halogens is 1. The third-order valence-electron chi connectivity index (χ3n) is 4.19. The molecule has 1 aromatic heterocycles. The summed E-state index contributed by atoms with van der Waals surface area (Å²) < 4.78 is 13.0. The lowest BCUT2D eigenvalue weighted by atomic mass is 10.2. The minimum atomic E-state index is -0.232. The lowest BCUT2D eigenvalue weighted by Crippen LogP contribution is -2.52. The fourth-order valence-electron chi connectivity index (χ4n) is 2.74. The van der Waals surface area contributed by atoms with E-state index in [4.69, 9.17) is 0 Å². The monoisotopic (exact) mass is 349 g/mol. The van der Waals surface area contributed by atoms with Gasteiger partial charge in [-0.25, -0.2) is 4.39 Å². The Hall–Kier alpha value is -2.06. The van der Waals surface area contributed by atoms with Gasteiger partial charge in [-0.3, -0.25) is 15.0 Å². The molecule has 0 aliphatic carbocycles. The molecule has 128 valence electrons. The first-order chi connectivity index (χ1) is 11.5. The summed E-state index contributed by atoms with van der Waals surface area (Å²) >= 11 is 1.37. The Balaban J connectivity index is 1.53. The minimum Gasteiger partial charge on any atom is -0.369 e. The predicted octanol–water partition coefficient (Wildman–Crippen LogP) is 2.13. The molecule has 1 N–H and O–H groups in total. The highest BCUT2D eigenvalue weighted by Gasteiger charge is 2.26. The maximum absolute atomic E-state index is 13.0. The van der Waals surface area contributed by atoms with Crippen molar-refractivity contribution in [2.24, 2.45) is 0 Å². The van der Waals surface area contributed by atoms with Gasteiger partial charge in [-0.05, 0) is 38.1 Å². The van der Waals surface area contributed by atoms with E-state index in [1.54, 1.807) is 12.1 Å². The van der Waals surface area contributed by atoms with Crippen molar-refractivity contribution in [1.82, 2.24) is 15.1 Å². The van der Waals surface area contributed by atoms with Gasteiger partial charge in [0.1, 0.15) is 10.8 Å². The summed E-state index contributed by atoms with van der Waals surface area (Å²) in [5.41, 5.74) is 1.01. The van der Waals surface area contributed by atoms with Crippen LogP contribution in [0.2, 0.25) is 0 Å². The van der Waals surface area contributed by atoms with Crippen LogP contribution in [0.1, 0.15) is 11.9 Å². The lowest BCUT2D eigenvalue weighted by molar-refractivity contribution is -0.120. The summed E-state index contributed by atoms with van der Waals surface area (Å²) in [5, 5.41) is 12.0. The molecule has 0 spiro atoms. The highest BCUT2D eigenvalue weighted by atomic mass is 32.1. The molecule has 24 heavy (non-hydrogen) atoms. The smallest absolute Gasteiger partial charge is 0.243 e. The van der Waals surface area contributed by atoms with E-state index in [2.05, 4.69) is 25.3 Å². The minimum absolute atomic E-state index is 0.0682. The molecule has 1 amide bonds. The summed E-state index contributed by atoms with van der Waals surface area (Å²) in [4.78, 5) is 16.7. The van der Waals surface area contributed by atoms with E-state index in [-0.39, 0.29) is 17.8 Å². The molecule has 2 aromatic rings. The van der Waals surface area contributed by atoms with E-state index in [0.29, 0.717) is 5.13 Å². The van der Waals surface area contributed by atoms with E-state index in [1.807, 2.05) is 13.8 Å². The van der Waals surface area contributed by atoms with Crippen LogP contribution in [0.3, 0.4) is 0 Å². The first-order valence-corrected chi connectivity index (χ1v) is 8.70. The van der Waals surface area contributed by atoms with Crippen molar-refractivity contribution in [3.63, 3.8) is 0 Å². The van der Waals surface area contributed by atoms with E-state index in [9.17, 15) is 9.18 Å². The number of anilines is 2. The lowest BCUT2D eigenvalue weighted by Gasteiger charge is -2.38. The summed E-state index contributed by atoms with van der Waals surface area (Å²) in [5.74, 6) is -0.295. The number of aryl methyl sites for hydroxylation is 1. The Morgan fingerprint density at radius 3 is 2.46 bits per heavy atom. The van der Waals surface area contributed by atoms with Crippen LogP contribution in [0, 0.1) is 12.7 Å². The van der Waals surface area contributed by atoms with Gasteiger partial charge >= 0.3 is 0 Å². The molecule has 0 bridgehead atoms. The molecule has 3 rings (SSSR count). The number of hydrogen-bond acceptors (Lipinski definition) is 6.